The lowest BCUT2D eigenvalue weighted by atomic mass is 10.2. The van der Waals surface area contributed by atoms with Crippen LogP contribution in [0.15, 0.2) is 24.4 Å². The van der Waals surface area contributed by atoms with Gasteiger partial charge >= 0.3 is 5.91 Å². The van der Waals surface area contributed by atoms with Crippen LogP contribution in [0, 0.1) is 23.1 Å². The molecule has 190 valence electrons. The number of carbonyl (C=O) groups is 1. The minimum atomic E-state index is -1.67. The molecule has 0 atom stereocenters. The van der Waals surface area contributed by atoms with Crippen molar-refractivity contribution in [2.75, 3.05) is 48.8 Å². The molecule has 1 aliphatic rings. The Hall–Kier alpha value is -3.76. The van der Waals surface area contributed by atoms with Crippen LogP contribution in [0.4, 0.5) is 26.2 Å². The van der Waals surface area contributed by atoms with Crippen LogP contribution in [0.5, 0.6) is 0 Å². The molecule has 3 aromatic rings. The van der Waals surface area contributed by atoms with Crippen LogP contribution in [-0.2, 0) is 11.3 Å². The first-order chi connectivity index (χ1) is 17.1. The van der Waals surface area contributed by atoms with Crippen LogP contribution in [0.2, 0.25) is 19.6 Å². The summed E-state index contributed by atoms with van der Waals surface area (Å²) < 4.78 is 29.0. The van der Waals surface area contributed by atoms with Crippen LogP contribution < -0.4 is 21.5 Å². The SMILES string of the molecule is C[Si](C)(C)C#CC(=O)NNc1nc(N)nc2c1cnn2CCN1CCN(c2ccc(F)cc2F)CC1. The summed E-state index contributed by atoms with van der Waals surface area (Å²) in [5.74, 6) is 1.38. The molecule has 0 aliphatic carbocycles. The molecule has 1 aromatic carbocycles. The summed E-state index contributed by atoms with van der Waals surface area (Å²) in [5, 5.41) is 5.03. The number of hydrogen-bond acceptors (Lipinski definition) is 8. The predicted octanol–water partition coefficient (Wildman–Crippen LogP) is 1.83. The van der Waals surface area contributed by atoms with Crippen molar-refractivity contribution < 1.29 is 13.6 Å². The molecule has 3 heterocycles. The molecule has 1 fully saturated rings. The summed E-state index contributed by atoms with van der Waals surface area (Å²) in [7, 11) is -1.67. The highest BCUT2D eigenvalue weighted by molar-refractivity contribution is 6.84. The molecule has 1 amide bonds. The summed E-state index contributed by atoms with van der Waals surface area (Å²) in [4.78, 5) is 24.7. The van der Waals surface area contributed by atoms with Crippen molar-refractivity contribution in [1.29, 1.82) is 0 Å². The van der Waals surface area contributed by atoms with Gasteiger partial charge in [-0.2, -0.15) is 15.1 Å². The minimum Gasteiger partial charge on any atom is -0.368 e. The fourth-order valence-corrected chi connectivity index (χ4v) is 4.30. The highest BCUT2D eigenvalue weighted by Crippen LogP contribution is 2.22. The number of halogens is 2. The van der Waals surface area contributed by atoms with Gasteiger partial charge in [0.1, 0.15) is 19.7 Å². The van der Waals surface area contributed by atoms with Crippen molar-refractivity contribution in [3.63, 3.8) is 0 Å². The topological polar surface area (TPSA) is 117 Å². The number of nitrogens with two attached hydrogens (primary N) is 1. The first-order valence-corrected chi connectivity index (χ1v) is 15.1. The van der Waals surface area contributed by atoms with Gasteiger partial charge in [0.05, 0.1) is 23.8 Å². The fourth-order valence-electron chi connectivity index (χ4n) is 3.81. The van der Waals surface area contributed by atoms with E-state index < -0.39 is 25.6 Å². The van der Waals surface area contributed by atoms with Gasteiger partial charge in [0, 0.05) is 38.8 Å². The van der Waals surface area contributed by atoms with Gasteiger partial charge in [-0.15, -0.1) is 5.54 Å². The average molecular weight is 514 g/mol. The van der Waals surface area contributed by atoms with E-state index in [0.717, 1.165) is 19.2 Å². The molecule has 0 radical (unpaired) electrons. The van der Waals surface area contributed by atoms with Crippen LogP contribution in [0.3, 0.4) is 0 Å². The minimum absolute atomic E-state index is 0.0455. The molecule has 13 heteroatoms. The van der Waals surface area contributed by atoms with Gasteiger partial charge in [0.15, 0.2) is 11.5 Å². The van der Waals surface area contributed by atoms with Gasteiger partial charge in [0.2, 0.25) is 5.95 Å². The second kappa shape index (κ2) is 10.5. The second-order valence-corrected chi connectivity index (χ2v) is 14.3. The normalized spacial score (nSPS) is 14.4. The third-order valence-electron chi connectivity index (χ3n) is 5.61. The van der Waals surface area contributed by atoms with E-state index in [2.05, 4.69) is 61.9 Å². The summed E-state index contributed by atoms with van der Waals surface area (Å²) in [6.45, 7) is 10.1. The molecule has 4 N–H and O–H groups in total. The molecular weight excluding hydrogens is 484 g/mol. The number of benzene rings is 1. The van der Waals surface area contributed by atoms with Crippen LogP contribution in [-0.4, -0.2) is 71.4 Å². The summed E-state index contributed by atoms with van der Waals surface area (Å²) >= 11 is 0. The number of carbonyl (C=O) groups excluding carboxylic acids is 1. The quantitative estimate of drug-likeness (QED) is 0.260. The molecule has 2 aromatic heterocycles. The zero-order valence-corrected chi connectivity index (χ0v) is 21.5. The van der Waals surface area contributed by atoms with Crippen LogP contribution in [0.25, 0.3) is 11.0 Å². The standard InChI is InChI=1S/C23H29F2N9OSi/c1-36(2,3)13-6-20(35)30-31-21-17-15-27-34(22(17)29-23(26)28-21)12-9-32-7-10-33(11-8-32)19-5-4-16(24)14-18(19)25/h4-5,14-15H,7-12H2,1-3H3,(H,30,35)(H3,26,28,29,31). The number of nitrogens with one attached hydrogen (secondary N) is 2. The Bertz CT molecular complexity index is 1320. The summed E-state index contributed by atoms with van der Waals surface area (Å²) in [5.41, 5.74) is 15.1. The Morgan fingerprint density at radius 2 is 1.89 bits per heavy atom. The molecule has 1 saturated heterocycles. The van der Waals surface area contributed by atoms with Crippen molar-refractivity contribution in [3.8, 4) is 11.5 Å². The highest BCUT2D eigenvalue weighted by Gasteiger charge is 2.20. The lowest BCUT2D eigenvalue weighted by molar-refractivity contribution is -0.115. The first kappa shape index (κ1) is 25.3. The van der Waals surface area contributed by atoms with Gasteiger partial charge in [0.25, 0.3) is 0 Å². The molecular formula is C23H29F2N9OSi. The first-order valence-electron chi connectivity index (χ1n) is 11.6. The Kier molecular flexibility index (Phi) is 7.37. The molecule has 0 unspecified atom stereocenters. The zero-order chi connectivity index (χ0) is 25.9. The van der Waals surface area contributed by atoms with E-state index in [1.54, 1.807) is 10.9 Å². The van der Waals surface area contributed by atoms with Gasteiger partial charge in [-0.25, -0.2) is 13.5 Å². The number of piperazine rings is 1. The molecule has 36 heavy (non-hydrogen) atoms. The van der Waals surface area contributed by atoms with Crippen molar-refractivity contribution in [2.45, 2.75) is 26.2 Å². The van der Waals surface area contributed by atoms with Crippen molar-refractivity contribution >= 4 is 42.5 Å². The Morgan fingerprint density at radius 1 is 1.14 bits per heavy atom. The predicted molar refractivity (Wildman–Crippen MR) is 138 cm³/mol. The van der Waals surface area contributed by atoms with Gasteiger partial charge in [-0.3, -0.25) is 20.5 Å². The number of rotatable bonds is 6. The summed E-state index contributed by atoms with van der Waals surface area (Å²) in [6.07, 6.45) is 1.62. The Morgan fingerprint density at radius 3 is 2.58 bits per heavy atom. The number of anilines is 3. The van der Waals surface area contributed by atoms with Crippen molar-refractivity contribution in [3.05, 3.63) is 36.0 Å². The number of amides is 1. The van der Waals surface area contributed by atoms with E-state index in [4.69, 9.17) is 5.73 Å². The zero-order valence-electron chi connectivity index (χ0n) is 20.5. The van der Waals surface area contributed by atoms with Crippen molar-refractivity contribution in [2.24, 2.45) is 0 Å². The van der Waals surface area contributed by atoms with Gasteiger partial charge in [-0.05, 0) is 18.1 Å². The molecule has 0 saturated carbocycles. The maximum atomic E-state index is 14.1. The lowest BCUT2D eigenvalue weighted by Crippen LogP contribution is -2.47. The van der Waals surface area contributed by atoms with E-state index in [1.165, 1.54) is 12.1 Å². The third kappa shape index (κ3) is 6.26. The third-order valence-corrected chi connectivity index (χ3v) is 6.48. The van der Waals surface area contributed by atoms with E-state index >= 15 is 0 Å². The molecule has 0 bridgehead atoms. The largest absolute Gasteiger partial charge is 0.368 e. The second-order valence-electron chi connectivity index (χ2n) is 9.54. The van der Waals surface area contributed by atoms with Crippen molar-refractivity contribution in [1.82, 2.24) is 30.1 Å². The van der Waals surface area contributed by atoms with E-state index in [0.29, 0.717) is 48.7 Å². The van der Waals surface area contributed by atoms with Crippen LogP contribution >= 0.6 is 0 Å². The molecule has 4 rings (SSSR count). The number of aromatic nitrogens is 4. The van der Waals surface area contributed by atoms with Crippen LogP contribution in [0.1, 0.15) is 0 Å². The Balaban J connectivity index is 1.36. The van der Waals surface area contributed by atoms with E-state index in [9.17, 15) is 13.6 Å². The van der Waals surface area contributed by atoms with E-state index in [1.807, 2.05) is 4.90 Å². The monoisotopic (exact) mass is 513 g/mol. The maximum absolute atomic E-state index is 14.1. The number of hydrazine groups is 1. The average Bonchev–Trinajstić information content (AvgIpc) is 3.22. The number of fused-ring (bicyclic) bond motifs is 1. The highest BCUT2D eigenvalue weighted by atomic mass is 28.3. The smallest absolute Gasteiger partial charge is 0.313 e. The van der Waals surface area contributed by atoms with Gasteiger partial charge < -0.3 is 10.6 Å². The molecule has 0 spiro atoms. The van der Waals surface area contributed by atoms with Gasteiger partial charge in [-0.1, -0.05) is 19.6 Å². The maximum Gasteiger partial charge on any atom is 0.313 e. The molecule has 1 aliphatic heterocycles. The fraction of sp³-hybridized carbons (Fsp3) is 0.391. The molecule has 10 nitrogen and oxygen atoms in total. The number of nitrogen functional groups attached to an aromatic ring is 1. The Labute approximate surface area is 208 Å². The number of hydrogen-bond donors (Lipinski definition) is 3. The lowest BCUT2D eigenvalue weighted by Gasteiger charge is -2.36. The number of nitrogens with zero attached hydrogens (tertiary/aromatic N) is 6. The summed E-state index contributed by atoms with van der Waals surface area (Å²) in [6, 6.07) is 3.66. The van der Waals surface area contributed by atoms with E-state index in [-0.39, 0.29) is 5.95 Å².